The van der Waals surface area contributed by atoms with Crippen LogP contribution in [0.3, 0.4) is 0 Å². The lowest BCUT2D eigenvalue weighted by Crippen LogP contribution is -2.14. The number of ether oxygens (including phenoxy) is 2. The number of rotatable bonds is 8. The Balaban J connectivity index is 1.95. The second-order valence-electron chi connectivity index (χ2n) is 4.62. The van der Waals surface area contributed by atoms with Crippen LogP contribution in [-0.4, -0.2) is 29.9 Å². The van der Waals surface area contributed by atoms with E-state index in [1.165, 1.54) is 11.8 Å². The van der Waals surface area contributed by atoms with Gasteiger partial charge in [-0.3, -0.25) is 4.79 Å². The van der Waals surface area contributed by atoms with Gasteiger partial charge in [-0.2, -0.15) is 0 Å². The van der Waals surface area contributed by atoms with Gasteiger partial charge in [0.2, 0.25) is 5.91 Å². The minimum Gasteiger partial charge on any atom is -0.490 e. The Kier molecular flexibility index (Phi) is 6.73. The van der Waals surface area contributed by atoms with E-state index >= 15 is 0 Å². The summed E-state index contributed by atoms with van der Waals surface area (Å²) in [4.78, 5) is 16.4. The summed E-state index contributed by atoms with van der Waals surface area (Å²) in [6.07, 6.45) is 0. The second kappa shape index (κ2) is 8.79. The summed E-state index contributed by atoms with van der Waals surface area (Å²) < 4.78 is 12.0. The van der Waals surface area contributed by atoms with E-state index in [1.54, 1.807) is 23.5 Å². The SMILES string of the molecule is CCOc1ccc(NC(=O)CSc2nc(C)cs2)cc1OCC. The van der Waals surface area contributed by atoms with Crippen molar-refractivity contribution in [3.05, 3.63) is 29.3 Å². The molecule has 0 aliphatic carbocycles. The maximum atomic E-state index is 12.0. The third-order valence-electron chi connectivity index (χ3n) is 2.75. The molecule has 124 valence electrons. The molecule has 2 aromatic rings. The molecule has 7 heteroatoms. The van der Waals surface area contributed by atoms with E-state index in [9.17, 15) is 4.79 Å². The van der Waals surface area contributed by atoms with Crippen molar-refractivity contribution in [3.8, 4) is 11.5 Å². The standard InChI is InChI=1S/C16H20N2O3S2/c1-4-20-13-7-6-12(8-14(13)21-5-2)18-15(19)10-23-16-17-11(3)9-22-16/h6-9H,4-5,10H2,1-3H3,(H,18,19). The number of aromatic nitrogens is 1. The highest BCUT2D eigenvalue weighted by molar-refractivity contribution is 8.01. The minimum atomic E-state index is -0.0746. The van der Waals surface area contributed by atoms with E-state index in [4.69, 9.17) is 9.47 Å². The van der Waals surface area contributed by atoms with Gasteiger partial charge in [-0.05, 0) is 32.9 Å². The highest BCUT2D eigenvalue weighted by atomic mass is 32.2. The molecule has 23 heavy (non-hydrogen) atoms. The number of amides is 1. The first-order valence-electron chi connectivity index (χ1n) is 7.36. The van der Waals surface area contributed by atoms with Gasteiger partial charge in [0.25, 0.3) is 0 Å². The zero-order chi connectivity index (χ0) is 16.7. The molecule has 0 radical (unpaired) electrons. The van der Waals surface area contributed by atoms with E-state index < -0.39 is 0 Å². The third kappa shape index (κ3) is 5.44. The average molecular weight is 352 g/mol. The fourth-order valence-electron chi connectivity index (χ4n) is 1.85. The Morgan fingerprint density at radius 3 is 2.65 bits per heavy atom. The predicted octanol–water partition coefficient (Wildman–Crippen LogP) is 3.98. The van der Waals surface area contributed by atoms with Crippen LogP contribution in [0.1, 0.15) is 19.5 Å². The highest BCUT2D eigenvalue weighted by Gasteiger charge is 2.10. The van der Waals surface area contributed by atoms with Gasteiger partial charge in [0.15, 0.2) is 15.8 Å². The molecule has 0 bridgehead atoms. The fraction of sp³-hybridized carbons (Fsp3) is 0.375. The van der Waals surface area contributed by atoms with Gasteiger partial charge in [-0.1, -0.05) is 11.8 Å². The molecule has 1 amide bonds. The van der Waals surface area contributed by atoms with Crippen LogP contribution in [0.2, 0.25) is 0 Å². The molecule has 0 saturated heterocycles. The average Bonchev–Trinajstić information content (AvgIpc) is 2.94. The van der Waals surface area contributed by atoms with Crippen molar-refractivity contribution in [2.45, 2.75) is 25.1 Å². The summed E-state index contributed by atoms with van der Waals surface area (Å²) in [6.45, 7) is 6.87. The smallest absolute Gasteiger partial charge is 0.234 e. The molecular weight excluding hydrogens is 332 g/mol. The summed E-state index contributed by atoms with van der Waals surface area (Å²) in [7, 11) is 0. The molecule has 1 heterocycles. The molecular formula is C16H20N2O3S2. The number of carbonyl (C=O) groups excluding carboxylic acids is 1. The van der Waals surface area contributed by atoms with Crippen molar-refractivity contribution in [3.63, 3.8) is 0 Å². The quantitative estimate of drug-likeness (QED) is 0.728. The summed E-state index contributed by atoms with van der Waals surface area (Å²) in [6, 6.07) is 5.40. The Labute approximate surface area is 144 Å². The predicted molar refractivity (Wildman–Crippen MR) is 95.0 cm³/mol. The number of hydrogen-bond donors (Lipinski definition) is 1. The first kappa shape index (κ1) is 17.6. The van der Waals surface area contributed by atoms with Gasteiger partial charge in [0.1, 0.15) is 0 Å². The minimum absolute atomic E-state index is 0.0746. The Bertz CT molecular complexity index is 659. The van der Waals surface area contributed by atoms with Gasteiger partial charge in [0, 0.05) is 22.8 Å². The van der Waals surface area contributed by atoms with Gasteiger partial charge < -0.3 is 14.8 Å². The molecule has 0 fully saturated rings. The lowest BCUT2D eigenvalue weighted by molar-refractivity contribution is -0.113. The largest absolute Gasteiger partial charge is 0.490 e. The Morgan fingerprint density at radius 1 is 1.26 bits per heavy atom. The maximum absolute atomic E-state index is 12.0. The van der Waals surface area contributed by atoms with Crippen LogP contribution in [0.5, 0.6) is 11.5 Å². The molecule has 0 saturated carbocycles. The monoisotopic (exact) mass is 352 g/mol. The zero-order valence-electron chi connectivity index (χ0n) is 13.4. The molecule has 1 aromatic heterocycles. The number of carbonyl (C=O) groups is 1. The van der Waals surface area contributed by atoms with E-state index in [1.807, 2.05) is 32.2 Å². The Hall–Kier alpha value is -1.73. The highest BCUT2D eigenvalue weighted by Crippen LogP contribution is 2.31. The molecule has 0 unspecified atom stereocenters. The topological polar surface area (TPSA) is 60.5 Å². The number of nitrogens with one attached hydrogen (secondary N) is 1. The maximum Gasteiger partial charge on any atom is 0.234 e. The van der Waals surface area contributed by atoms with Gasteiger partial charge in [-0.15, -0.1) is 11.3 Å². The van der Waals surface area contributed by atoms with Gasteiger partial charge >= 0.3 is 0 Å². The van der Waals surface area contributed by atoms with Crippen LogP contribution in [0, 0.1) is 6.92 Å². The first-order valence-corrected chi connectivity index (χ1v) is 9.23. The zero-order valence-corrected chi connectivity index (χ0v) is 15.1. The Morgan fingerprint density at radius 2 is 2.00 bits per heavy atom. The number of hydrogen-bond acceptors (Lipinski definition) is 6. The number of aryl methyl sites for hydroxylation is 1. The van der Waals surface area contributed by atoms with Crippen molar-refractivity contribution >= 4 is 34.7 Å². The van der Waals surface area contributed by atoms with Crippen molar-refractivity contribution in [1.82, 2.24) is 4.98 Å². The van der Waals surface area contributed by atoms with Crippen molar-refractivity contribution in [1.29, 1.82) is 0 Å². The van der Waals surface area contributed by atoms with Gasteiger partial charge in [-0.25, -0.2) is 4.98 Å². The lowest BCUT2D eigenvalue weighted by Gasteiger charge is -2.12. The summed E-state index contributed by atoms with van der Waals surface area (Å²) in [5.41, 5.74) is 1.67. The van der Waals surface area contributed by atoms with E-state index in [0.29, 0.717) is 36.2 Å². The van der Waals surface area contributed by atoms with E-state index in [-0.39, 0.29) is 5.91 Å². The van der Waals surface area contributed by atoms with Crippen molar-refractivity contribution < 1.29 is 14.3 Å². The van der Waals surface area contributed by atoms with Gasteiger partial charge in [0.05, 0.1) is 19.0 Å². The van der Waals surface area contributed by atoms with Crippen molar-refractivity contribution in [2.75, 3.05) is 24.3 Å². The number of thioether (sulfide) groups is 1. The molecule has 0 aliphatic rings. The van der Waals surface area contributed by atoms with E-state index in [0.717, 1.165) is 10.0 Å². The number of nitrogens with zero attached hydrogens (tertiary/aromatic N) is 1. The molecule has 5 nitrogen and oxygen atoms in total. The van der Waals surface area contributed by atoms with Crippen LogP contribution in [0.25, 0.3) is 0 Å². The molecule has 0 aliphatic heterocycles. The lowest BCUT2D eigenvalue weighted by atomic mass is 10.2. The van der Waals surface area contributed by atoms with Crippen molar-refractivity contribution in [2.24, 2.45) is 0 Å². The summed E-state index contributed by atoms with van der Waals surface area (Å²) >= 11 is 2.98. The third-order valence-corrected chi connectivity index (χ3v) is 4.89. The summed E-state index contributed by atoms with van der Waals surface area (Å²) in [5, 5.41) is 4.84. The van der Waals surface area contributed by atoms with Crippen LogP contribution < -0.4 is 14.8 Å². The number of thiazole rings is 1. The molecule has 2 rings (SSSR count). The number of benzene rings is 1. The molecule has 1 aromatic carbocycles. The second-order valence-corrected chi connectivity index (χ2v) is 6.70. The molecule has 1 N–H and O–H groups in total. The van der Waals surface area contributed by atoms with Crippen LogP contribution in [0.15, 0.2) is 27.9 Å². The van der Waals surface area contributed by atoms with E-state index in [2.05, 4.69) is 10.3 Å². The fourth-order valence-corrected chi connectivity index (χ4v) is 3.50. The van der Waals surface area contributed by atoms with Crippen LogP contribution in [-0.2, 0) is 4.79 Å². The van der Waals surface area contributed by atoms with Crippen LogP contribution in [0.4, 0.5) is 5.69 Å². The number of anilines is 1. The normalized spacial score (nSPS) is 10.4. The molecule has 0 spiro atoms. The summed E-state index contributed by atoms with van der Waals surface area (Å²) in [5.74, 6) is 1.56. The van der Waals surface area contributed by atoms with Crippen LogP contribution >= 0.6 is 23.1 Å². The molecule has 0 atom stereocenters. The first-order chi connectivity index (χ1) is 11.1.